The first-order valence-electron chi connectivity index (χ1n) is 20.7. The molecule has 8 rings (SSSR count). The van der Waals surface area contributed by atoms with Gasteiger partial charge in [-0.3, -0.25) is 4.79 Å². The Morgan fingerprint density at radius 2 is 1.83 bits per heavy atom. The molecule has 2 aliphatic carbocycles. The Morgan fingerprint density at radius 3 is 2.58 bits per heavy atom. The lowest BCUT2D eigenvalue weighted by Gasteiger charge is -2.35. The van der Waals surface area contributed by atoms with Crippen molar-refractivity contribution < 1.29 is 24.9 Å². The number of nitrogens with one attached hydrogen (secondary N) is 2. The first-order valence-corrected chi connectivity index (χ1v) is 22.4. The third-order valence-corrected chi connectivity index (χ3v) is 14.8. The topological polar surface area (TPSA) is 166 Å². The third kappa shape index (κ3) is 8.35. The number of phenolic OH excluding ortho intramolecular Hbond substituents is 1. The fourth-order valence-corrected chi connectivity index (χ4v) is 10.9. The Labute approximate surface area is 351 Å². The number of ether oxygens (including phenoxy) is 1. The van der Waals surface area contributed by atoms with Crippen LogP contribution in [0.4, 0.5) is 0 Å². The van der Waals surface area contributed by atoms with Crippen LogP contribution < -0.4 is 10.9 Å². The molecule has 2 atom stereocenters. The number of fused-ring (bicyclic) bond motifs is 4. The molecule has 6 aromatic rings. The Morgan fingerprint density at radius 1 is 1.05 bits per heavy atom. The van der Waals surface area contributed by atoms with Crippen molar-refractivity contribution in [3.8, 4) is 5.75 Å². The minimum atomic E-state index is -1.82. The normalized spacial score (nSPS) is 18.7. The van der Waals surface area contributed by atoms with Crippen LogP contribution in [0.2, 0.25) is 0 Å². The van der Waals surface area contributed by atoms with Gasteiger partial charge in [0.15, 0.2) is 0 Å². The molecule has 5 N–H and O–H groups in total. The molecule has 312 valence electrons. The molecule has 4 heterocycles. The van der Waals surface area contributed by atoms with Crippen LogP contribution in [0, 0.1) is 0 Å². The Hall–Kier alpha value is -4.44. The number of carbonyl (C=O) groups is 1. The molecule has 0 aliphatic heterocycles. The summed E-state index contributed by atoms with van der Waals surface area (Å²) in [5.41, 5.74) is 4.56. The molecule has 0 amide bonds. The minimum absolute atomic E-state index is 0.0319. The molecular weight excluding hydrogens is 785 g/mol. The fraction of sp³-hybridized carbons (Fsp3) is 0.467. The highest BCUT2D eigenvalue weighted by Crippen LogP contribution is 2.42. The number of carbonyl (C=O) groups excluding carboxylic acids is 1. The van der Waals surface area contributed by atoms with Gasteiger partial charge in [-0.25, -0.2) is 9.48 Å². The standard InChI is InChI=1S/C45H54N6O6S2/c1-44(2,3)37-18-19-39(59-37)45(56,38-10-6-23-58-38)43(55)57-29-13-11-28(12-14-29)50(4)21-7-22-51-42-33-9-5-8-30(33)27(24-34(42)48-49-51)25-46-26-36(53)31-15-17-35(52)41-32(31)16-20-40(54)47-41/h6,10,15-20,23-24,28-29,36,46,52-53,56H,5,7-9,11-14,21-22,25-26H2,1-4H3,(H,47,54)/t28?,29?,36-,45?/m0/s1. The number of aryl methyl sites for hydroxylation is 2. The summed E-state index contributed by atoms with van der Waals surface area (Å²) in [5.74, 6) is -0.622. The van der Waals surface area contributed by atoms with Crippen LogP contribution in [0.3, 0.4) is 0 Å². The number of benzene rings is 2. The number of aromatic amines is 1. The van der Waals surface area contributed by atoms with Crippen molar-refractivity contribution in [2.24, 2.45) is 0 Å². The monoisotopic (exact) mass is 838 g/mol. The number of rotatable bonds is 14. The minimum Gasteiger partial charge on any atom is -0.506 e. The highest BCUT2D eigenvalue weighted by molar-refractivity contribution is 7.13. The molecule has 59 heavy (non-hydrogen) atoms. The summed E-state index contributed by atoms with van der Waals surface area (Å²) in [6, 6.07) is 16.3. The summed E-state index contributed by atoms with van der Waals surface area (Å²) in [6.07, 6.45) is 6.24. The van der Waals surface area contributed by atoms with Crippen molar-refractivity contribution in [1.29, 1.82) is 0 Å². The molecule has 14 heteroatoms. The van der Waals surface area contributed by atoms with Gasteiger partial charge in [-0.05, 0) is 134 Å². The smallest absolute Gasteiger partial charge is 0.349 e. The average Bonchev–Trinajstić information content (AvgIpc) is 4.05. The van der Waals surface area contributed by atoms with Crippen LogP contribution in [-0.4, -0.2) is 78.4 Å². The van der Waals surface area contributed by atoms with E-state index in [0.29, 0.717) is 45.4 Å². The quantitative estimate of drug-likeness (QED) is 0.0735. The van der Waals surface area contributed by atoms with E-state index in [2.05, 4.69) is 64.1 Å². The number of nitrogens with zero attached hydrogens (tertiary/aromatic N) is 4. The van der Waals surface area contributed by atoms with E-state index >= 15 is 0 Å². The first-order chi connectivity index (χ1) is 28.3. The third-order valence-electron chi connectivity index (χ3n) is 12.2. The summed E-state index contributed by atoms with van der Waals surface area (Å²) in [4.78, 5) is 33.0. The lowest BCUT2D eigenvalue weighted by molar-refractivity contribution is -0.169. The molecule has 2 aromatic carbocycles. The lowest BCUT2D eigenvalue weighted by Crippen LogP contribution is -2.42. The molecule has 1 fully saturated rings. The van der Waals surface area contributed by atoms with Crippen LogP contribution in [0.15, 0.2) is 64.8 Å². The second kappa shape index (κ2) is 16.9. The van der Waals surface area contributed by atoms with Crippen molar-refractivity contribution in [2.45, 2.75) is 114 Å². The number of phenols is 1. The van der Waals surface area contributed by atoms with Crippen LogP contribution in [0.1, 0.15) is 102 Å². The number of aliphatic hydroxyl groups is 2. The number of esters is 1. The maximum absolute atomic E-state index is 13.8. The van der Waals surface area contributed by atoms with Crippen LogP contribution in [0.5, 0.6) is 5.75 Å². The highest BCUT2D eigenvalue weighted by Gasteiger charge is 2.46. The van der Waals surface area contributed by atoms with E-state index < -0.39 is 17.7 Å². The van der Waals surface area contributed by atoms with Gasteiger partial charge in [-0.1, -0.05) is 38.1 Å². The second-order valence-electron chi connectivity index (χ2n) is 17.2. The maximum atomic E-state index is 13.8. The van der Waals surface area contributed by atoms with E-state index in [0.717, 1.165) is 80.4 Å². The molecule has 2 aliphatic rings. The largest absolute Gasteiger partial charge is 0.506 e. The van der Waals surface area contributed by atoms with Crippen molar-refractivity contribution in [3.63, 3.8) is 0 Å². The molecule has 0 saturated heterocycles. The molecule has 1 unspecified atom stereocenters. The van der Waals surface area contributed by atoms with Gasteiger partial charge in [-0.15, -0.1) is 27.8 Å². The summed E-state index contributed by atoms with van der Waals surface area (Å²) in [6.45, 7) is 8.93. The van der Waals surface area contributed by atoms with Crippen LogP contribution in [0.25, 0.3) is 21.9 Å². The summed E-state index contributed by atoms with van der Waals surface area (Å²) >= 11 is 2.84. The van der Waals surface area contributed by atoms with E-state index in [4.69, 9.17) is 4.74 Å². The Kier molecular flexibility index (Phi) is 11.8. The first kappa shape index (κ1) is 41.3. The van der Waals surface area contributed by atoms with Gasteiger partial charge < -0.3 is 35.3 Å². The van der Waals surface area contributed by atoms with Gasteiger partial charge in [0.05, 0.1) is 26.9 Å². The molecule has 0 spiro atoms. The number of aromatic nitrogens is 4. The number of pyridine rings is 1. The lowest BCUT2D eigenvalue weighted by atomic mass is 9.91. The molecule has 12 nitrogen and oxygen atoms in total. The van der Waals surface area contributed by atoms with Crippen molar-refractivity contribution >= 4 is 50.6 Å². The Bertz CT molecular complexity index is 2500. The van der Waals surface area contributed by atoms with Gasteiger partial charge in [0.2, 0.25) is 11.2 Å². The molecule has 4 aromatic heterocycles. The van der Waals surface area contributed by atoms with E-state index in [9.17, 15) is 24.9 Å². The van der Waals surface area contributed by atoms with Crippen LogP contribution >= 0.6 is 22.7 Å². The van der Waals surface area contributed by atoms with Gasteiger partial charge in [0.25, 0.3) is 0 Å². The van der Waals surface area contributed by atoms with Crippen molar-refractivity contribution in [3.05, 3.63) is 107 Å². The zero-order valence-electron chi connectivity index (χ0n) is 34.2. The van der Waals surface area contributed by atoms with Gasteiger partial charge >= 0.3 is 5.97 Å². The molecule has 0 bridgehead atoms. The molecule has 0 radical (unpaired) electrons. The van der Waals surface area contributed by atoms with Crippen molar-refractivity contribution in [1.82, 2.24) is 30.2 Å². The van der Waals surface area contributed by atoms with Gasteiger partial charge in [0.1, 0.15) is 17.4 Å². The second-order valence-corrected chi connectivity index (χ2v) is 19.3. The molecular formula is C45H54N6O6S2. The van der Waals surface area contributed by atoms with Gasteiger partial charge in [-0.2, -0.15) is 0 Å². The van der Waals surface area contributed by atoms with E-state index in [-0.39, 0.29) is 22.8 Å². The van der Waals surface area contributed by atoms with Crippen LogP contribution in [-0.2, 0) is 46.5 Å². The van der Waals surface area contributed by atoms with Crippen molar-refractivity contribution in [2.75, 3.05) is 20.1 Å². The summed E-state index contributed by atoms with van der Waals surface area (Å²) in [7, 11) is 2.18. The number of aliphatic hydroxyl groups excluding tert-OH is 1. The predicted octanol–water partition coefficient (Wildman–Crippen LogP) is 6.82. The predicted molar refractivity (Wildman–Crippen MR) is 232 cm³/mol. The van der Waals surface area contributed by atoms with E-state index in [1.807, 2.05) is 29.6 Å². The summed E-state index contributed by atoms with van der Waals surface area (Å²) < 4.78 is 8.17. The number of H-pyrrole nitrogens is 1. The number of aromatic hydroxyl groups is 1. The fourth-order valence-electron chi connectivity index (χ4n) is 8.90. The maximum Gasteiger partial charge on any atom is 0.349 e. The number of thiophene rings is 2. The van der Waals surface area contributed by atoms with Gasteiger partial charge in [0, 0.05) is 42.0 Å². The zero-order chi connectivity index (χ0) is 41.5. The number of hydrogen-bond acceptors (Lipinski definition) is 12. The summed E-state index contributed by atoms with van der Waals surface area (Å²) in [5, 5.41) is 48.4. The highest BCUT2D eigenvalue weighted by atomic mass is 32.1. The molecule has 1 saturated carbocycles. The zero-order valence-corrected chi connectivity index (χ0v) is 35.8. The number of hydrogen-bond donors (Lipinski definition) is 5. The average molecular weight is 839 g/mol. The van der Waals surface area contributed by atoms with E-state index in [1.165, 1.54) is 51.5 Å². The SMILES string of the molecule is CN(CCCn1nnc2cc(CNC[C@H](O)c3ccc(O)c4[nH]c(=O)ccc34)c3c(c21)CCC3)C1CCC(OC(=O)C(O)(c2cccs2)c2ccc(C(C)(C)C)s2)CC1. The van der Waals surface area contributed by atoms with E-state index in [1.54, 1.807) is 12.1 Å². The Balaban J connectivity index is 0.843.